The lowest BCUT2D eigenvalue weighted by Gasteiger charge is -2.20. The predicted octanol–water partition coefficient (Wildman–Crippen LogP) is 3.95. The van der Waals surface area contributed by atoms with Crippen LogP contribution in [0.25, 0.3) is 0 Å². The monoisotopic (exact) mass is 478 g/mol. The van der Waals surface area contributed by atoms with E-state index in [9.17, 15) is 18.0 Å². The molecule has 1 heterocycles. The Kier molecular flexibility index (Phi) is 8.42. The van der Waals surface area contributed by atoms with Crippen molar-refractivity contribution in [1.29, 1.82) is 0 Å². The van der Waals surface area contributed by atoms with Crippen LogP contribution in [0.3, 0.4) is 0 Å². The summed E-state index contributed by atoms with van der Waals surface area (Å²) >= 11 is 1.24. The summed E-state index contributed by atoms with van der Waals surface area (Å²) in [5.41, 5.74) is 1.26. The molecule has 7 nitrogen and oxygen atoms in total. The van der Waals surface area contributed by atoms with Gasteiger partial charge in [0.25, 0.3) is 0 Å². The second kappa shape index (κ2) is 11.0. The van der Waals surface area contributed by atoms with E-state index < -0.39 is 15.8 Å². The third-order valence-electron chi connectivity index (χ3n) is 5.66. The molecule has 0 atom stereocenters. The highest BCUT2D eigenvalue weighted by Crippen LogP contribution is 2.29. The Morgan fingerprint density at radius 2 is 1.88 bits per heavy atom. The maximum Gasteiger partial charge on any atom is 0.358 e. The molecule has 0 bridgehead atoms. The number of hydrogen-bond acceptors (Lipinski definition) is 7. The minimum atomic E-state index is -3.30. The quantitative estimate of drug-likeness (QED) is 0.480. The van der Waals surface area contributed by atoms with E-state index in [4.69, 9.17) is 4.74 Å². The lowest BCUT2D eigenvalue weighted by atomic mass is 10.1. The van der Waals surface area contributed by atoms with Crippen LogP contribution in [0.4, 0.5) is 5.13 Å². The zero-order valence-corrected chi connectivity index (χ0v) is 20.2. The number of nitrogens with zero attached hydrogens (tertiary/aromatic N) is 2. The van der Waals surface area contributed by atoms with Crippen LogP contribution < -0.4 is 4.90 Å². The van der Waals surface area contributed by atoms with Crippen molar-refractivity contribution in [3.63, 3.8) is 0 Å². The summed E-state index contributed by atoms with van der Waals surface area (Å²) in [5, 5.41) is 0.0651. The molecule has 1 aliphatic rings. The molecule has 0 saturated heterocycles. The minimum Gasteiger partial charge on any atom is -0.461 e. The van der Waals surface area contributed by atoms with Crippen LogP contribution in [0.15, 0.2) is 30.3 Å². The number of carbonyl (C=O) groups excluding carboxylic acids is 2. The summed E-state index contributed by atoms with van der Waals surface area (Å²) in [7, 11) is -3.30. The van der Waals surface area contributed by atoms with E-state index in [2.05, 4.69) is 4.98 Å². The first-order valence-corrected chi connectivity index (χ1v) is 13.6. The first-order chi connectivity index (χ1) is 15.3. The highest BCUT2D eigenvalue weighted by Gasteiger charge is 2.30. The summed E-state index contributed by atoms with van der Waals surface area (Å²) in [6.07, 6.45) is 3.72. The van der Waals surface area contributed by atoms with E-state index in [1.807, 2.05) is 30.3 Å². The van der Waals surface area contributed by atoms with Gasteiger partial charge in [0.15, 0.2) is 20.7 Å². The van der Waals surface area contributed by atoms with E-state index in [1.54, 1.807) is 13.8 Å². The van der Waals surface area contributed by atoms with Crippen LogP contribution >= 0.6 is 11.3 Å². The zero-order valence-electron chi connectivity index (χ0n) is 18.6. The number of anilines is 1. The first-order valence-electron chi connectivity index (χ1n) is 11.0. The van der Waals surface area contributed by atoms with Crippen molar-refractivity contribution in [1.82, 2.24) is 4.98 Å². The molecule has 32 heavy (non-hydrogen) atoms. The zero-order chi connectivity index (χ0) is 23.1. The molecule has 1 aromatic heterocycles. The molecule has 0 aliphatic heterocycles. The Morgan fingerprint density at radius 1 is 1.19 bits per heavy atom. The standard InChI is InChI=1S/C23H30N2O5S2/c1-3-30-22(27)21-17(2)31-23(24-21)25(15-13-18-9-5-4-6-10-18)20(26)14-16-32(28,29)19-11-7-8-12-19/h4-6,9-10,19H,3,7-8,11-16H2,1-2H3. The summed E-state index contributed by atoms with van der Waals surface area (Å²) in [4.78, 5) is 31.9. The van der Waals surface area contributed by atoms with Gasteiger partial charge in [0.1, 0.15) is 0 Å². The summed E-state index contributed by atoms with van der Waals surface area (Å²) in [6, 6.07) is 9.74. The van der Waals surface area contributed by atoms with Gasteiger partial charge in [-0.3, -0.25) is 9.69 Å². The average molecular weight is 479 g/mol. The second-order valence-corrected chi connectivity index (χ2v) is 11.5. The minimum absolute atomic E-state index is 0.0962. The van der Waals surface area contributed by atoms with Gasteiger partial charge in [-0.1, -0.05) is 43.2 Å². The molecule has 0 unspecified atom stereocenters. The van der Waals surface area contributed by atoms with Crippen LogP contribution in [-0.2, 0) is 25.8 Å². The van der Waals surface area contributed by atoms with Crippen LogP contribution in [0.1, 0.15) is 60.0 Å². The van der Waals surface area contributed by atoms with Crippen molar-refractivity contribution in [2.24, 2.45) is 0 Å². The number of rotatable bonds is 10. The fourth-order valence-corrected chi connectivity index (χ4v) is 6.66. The first kappa shape index (κ1) is 24.4. The molecule has 0 radical (unpaired) electrons. The lowest BCUT2D eigenvalue weighted by molar-refractivity contribution is -0.118. The predicted molar refractivity (Wildman–Crippen MR) is 126 cm³/mol. The topological polar surface area (TPSA) is 93.6 Å². The molecule has 1 aromatic carbocycles. The van der Waals surface area contributed by atoms with Crippen LogP contribution in [0, 0.1) is 6.92 Å². The van der Waals surface area contributed by atoms with Gasteiger partial charge in [0.05, 0.1) is 17.6 Å². The van der Waals surface area contributed by atoms with Gasteiger partial charge >= 0.3 is 5.97 Å². The van der Waals surface area contributed by atoms with Crippen molar-refractivity contribution in [3.8, 4) is 0 Å². The van der Waals surface area contributed by atoms with Crippen LogP contribution in [0.2, 0.25) is 0 Å². The van der Waals surface area contributed by atoms with Gasteiger partial charge in [-0.05, 0) is 38.7 Å². The van der Waals surface area contributed by atoms with E-state index in [0.717, 1.165) is 18.4 Å². The molecule has 1 aliphatic carbocycles. The van der Waals surface area contributed by atoms with Crippen molar-refractivity contribution >= 4 is 38.2 Å². The molecular formula is C23H30N2O5S2. The number of sulfone groups is 1. The molecule has 3 rings (SSSR count). The molecule has 2 aromatic rings. The van der Waals surface area contributed by atoms with E-state index in [-0.39, 0.29) is 35.6 Å². The number of esters is 1. The normalized spacial score (nSPS) is 14.4. The van der Waals surface area contributed by atoms with Crippen molar-refractivity contribution < 1.29 is 22.7 Å². The summed E-state index contributed by atoms with van der Waals surface area (Å²) < 4.78 is 30.4. The fraction of sp³-hybridized carbons (Fsp3) is 0.522. The van der Waals surface area contributed by atoms with Gasteiger partial charge in [0.2, 0.25) is 5.91 Å². The number of ether oxygens (including phenoxy) is 1. The fourth-order valence-electron chi connectivity index (χ4n) is 3.88. The molecule has 1 saturated carbocycles. The van der Waals surface area contributed by atoms with Crippen LogP contribution in [-0.4, -0.2) is 49.4 Å². The van der Waals surface area contributed by atoms with Crippen molar-refractivity contribution in [2.75, 3.05) is 23.8 Å². The van der Waals surface area contributed by atoms with Crippen LogP contribution in [0.5, 0.6) is 0 Å². The van der Waals surface area contributed by atoms with E-state index >= 15 is 0 Å². The maximum absolute atomic E-state index is 13.2. The Balaban J connectivity index is 1.77. The number of aromatic nitrogens is 1. The van der Waals surface area contributed by atoms with Crippen molar-refractivity contribution in [2.45, 2.75) is 57.6 Å². The average Bonchev–Trinajstić information content (AvgIpc) is 3.44. The molecule has 9 heteroatoms. The number of amides is 1. The Morgan fingerprint density at radius 3 is 2.53 bits per heavy atom. The molecule has 1 fully saturated rings. The second-order valence-electron chi connectivity index (χ2n) is 7.93. The summed E-state index contributed by atoms with van der Waals surface area (Å²) in [6.45, 7) is 4.07. The number of carbonyl (C=O) groups is 2. The third kappa shape index (κ3) is 6.16. The Labute approximate surface area is 193 Å². The highest BCUT2D eigenvalue weighted by atomic mass is 32.2. The summed E-state index contributed by atoms with van der Waals surface area (Å²) in [5.74, 6) is -0.980. The third-order valence-corrected chi connectivity index (χ3v) is 8.92. The molecule has 0 spiro atoms. The molecule has 174 valence electrons. The van der Waals surface area contributed by atoms with Crippen molar-refractivity contribution in [3.05, 3.63) is 46.5 Å². The SMILES string of the molecule is CCOC(=O)c1nc(N(CCc2ccccc2)C(=O)CCS(=O)(=O)C2CCCC2)sc1C. The molecule has 1 amide bonds. The Hall–Kier alpha value is -2.26. The van der Waals surface area contributed by atoms with Gasteiger partial charge in [0, 0.05) is 17.8 Å². The lowest BCUT2D eigenvalue weighted by Crippen LogP contribution is -2.35. The molecular weight excluding hydrogens is 448 g/mol. The number of thiazole rings is 1. The van der Waals surface area contributed by atoms with Gasteiger partial charge in [-0.15, -0.1) is 11.3 Å². The number of hydrogen-bond donors (Lipinski definition) is 0. The van der Waals surface area contributed by atoms with E-state index in [0.29, 0.717) is 35.8 Å². The highest BCUT2D eigenvalue weighted by molar-refractivity contribution is 7.92. The maximum atomic E-state index is 13.2. The number of benzene rings is 1. The van der Waals surface area contributed by atoms with Gasteiger partial charge < -0.3 is 4.74 Å². The largest absolute Gasteiger partial charge is 0.461 e. The smallest absolute Gasteiger partial charge is 0.358 e. The number of aryl methyl sites for hydroxylation is 1. The molecule has 0 N–H and O–H groups in total. The van der Waals surface area contributed by atoms with E-state index in [1.165, 1.54) is 16.2 Å². The van der Waals surface area contributed by atoms with Gasteiger partial charge in [-0.25, -0.2) is 18.2 Å². The van der Waals surface area contributed by atoms with Gasteiger partial charge in [-0.2, -0.15) is 0 Å². The Bertz CT molecular complexity index is 1030.